The fraction of sp³-hybridized carbons (Fsp3) is 0.296. The van der Waals surface area contributed by atoms with Gasteiger partial charge in [-0.3, -0.25) is 9.59 Å². The summed E-state index contributed by atoms with van der Waals surface area (Å²) in [6.45, 7) is 1.80. The quantitative estimate of drug-likeness (QED) is 0.495. The van der Waals surface area contributed by atoms with Crippen LogP contribution in [0.15, 0.2) is 59.7 Å². The van der Waals surface area contributed by atoms with Crippen LogP contribution in [0.3, 0.4) is 0 Å². The molecule has 1 saturated heterocycles. The zero-order valence-electron chi connectivity index (χ0n) is 19.9. The van der Waals surface area contributed by atoms with Crippen LogP contribution in [-0.2, 0) is 6.54 Å². The normalized spacial score (nSPS) is 13.9. The molecule has 8 heteroatoms. The maximum Gasteiger partial charge on any atom is 0.293 e. The molecule has 8 nitrogen and oxygen atoms in total. The van der Waals surface area contributed by atoms with Crippen molar-refractivity contribution in [3.8, 4) is 17.6 Å². The molecule has 1 aliphatic heterocycles. The van der Waals surface area contributed by atoms with Gasteiger partial charge in [-0.2, -0.15) is 0 Å². The summed E-state index contributed by atoms with van der Waals surface area (Å²) in [5.41, 5.74) is 2.90. The molecule has 0 saturated carbocycles. The van der Waals surface area contributed by atoms with Crippen LogP contribution in [-0.4, -0.2) is 64.0 Å². The number of hydrogen-bond acceptors (Lipinski definition) is 6. The summed E-state index contributed by atoms with van der Waals surface area (Å²) in [6.07, 6.45) is 3.26. The lowest BCUT2D eigenvalue weighted by molar-refractivity contribution is 0.0663. The Morgan fingerprint density at radius 2 is 1.69 bits per heavy atom. The van der Waals surface area contributed by atoms with E-state index in [2.05, 4.69) is 46.1 Å². The molecule has 1 aromatic heterocycles. The third-order valence-corrected chi connectivity index (χ3v) is 6.21. The number of amides is 1. The van der Waals surface area contributed by atoms with E-state index < -0.39 is 5.56 Å². The van der Waals surface area contributed by atoms with E-state index >= 15 is 0 Å². The van der Waals surface area contributed by atoms with Gasteiger partial charge in [0.2, 0.25) is 5.75 Å². The first-order valence-corrected chi connectivity index (χ1v) is 11.6. The number of carbonyl (C=O) groups is 1. The first kappa shape index (κ1) is 24.0. The van der Waals surface area contributed by atoms with E-state index in [1.807, 2.05) is 53.4 Å². The topological polar surface area (TPSA) is 102 Å². The number of aromatic amines is 1. The summed E-state index contributed by atoms with van der Waals surface area (Å²) in [5.74, 6) is 5.96. The third-order valence-electron chi connectivity index (χ3n) is 6.21. The molecule has 0 radical (unpaired) electrons. The highest BCUT2D eigenvalue weighted by atomic mass is 16.3. The van der Waals surface area contributed by atoms with Crippen molar-refractivity contribution < 1.29 is 9.90 Å². The summed E-state index contributed by atoms with van der Waals surface area (Å²) in [6, 6.07) is 15.5. The molecule has 1 fully saturated rings. The Labute approximate surface area is 204 Å². The van der Waals surface area contributed by atoms with Crippen LogP contribution in [0.5, 0.6) is 5.75 Å². The Hall–Kier alpha value is -4.09. The van der Waals surface area contributed by atoms with Crippen LogP contribution in [0, 0.1) is 11.8 Å². The lowest BCUT2D eigenvalue weighted by atomic mass is 10.0. The standard InChI is InChI=1S/C27H29N5O3/c1-31(2)23-13-15-32(16-14-23)27(35)21-9-5-19(6-10-21)3-4-20-7-11-22(12-8-20)28-17-24-25(33)26(34)30-18-29-24/h5-12,18,23,28,33H,13-17H2,1-2H3,(H,29,30,34). The maximum atomic E-state index is 12.8. The Morgan fingerprint density at radius 1 is 1.09 bits per heavy atom. The van der Waals surface area contributed by atoms with E-state index in [0.717, 1.165) is 42.7 Å². The number of hydrogen-bond donors (Lipinski definition) is 3. The number of rotatable bonds is 5. The molecule has 180 valence electrons. The molecule has 35 heavy (non-hydrogen) atoms. The third kappa shape index (κ3) is 6.08. The lowest BCUT2D eigenvalue weighted by Crippen LogP contribution is -2.44. The Balaban J connectivity index is 1.32. The van der Waals surface area contributed by atoms with Crippen LogP contribution in [0.1, 0.15) is 40.0 Å². The number of nitrogens with one attached hydrogen (secondary N) is 2. The molecule has 4 rings (SSSR count). The maximum absolute atomic E-state index is 12.8. The van der Waals surface area contributed by atoms with Gasteiger partial charge in [0.15, 0.2) is 0 Å². The van der Waals surface area contributed by atoms with Crippen molar-refractivity contribution in [2.24, 2.45) is 0 Å². The van der Waals surface area contributed by atoms with Gasteiger partial charge in [0, 0.05) is 41.5 Å². The second-order valence-electron chi connectivity index (χ2n) is 8.77. The molecule has 3 N–H and O–H groups in total. The highest BCUT2D eigenvalue weighted by molar-refractivity contribution is 5.94. The number of benzene rings is 2. The minimum Gasteiger partial charge on any atom is -0.502 e. The van der Waals surface area contributed by atoms with E-state index in [4.69, 9.17) is 0 Å². The number of carbonyl (C=O) groups excluding carboxylic acids is 1. The minimum absolute atomic E-state index is 0.0773. The zero-order valence-corrected chi connectivity index (χ0v) is 19.9. The van der Waals surface area contributed by atoms with Crippen molar-refractivity contribution in [3.63, 3.8) is 0 Å². The van der Waals surface area contributed by atoms with E-state index in [-0.39, 0.29) is 23.9 Å². The van der Waals surface area contributed by atoms with Gasteiger partial charge in [-0.05, 0) is 75.5 Å². The largest absolute Gasteiger partial charge is 0.502 e. The van der Waals surface area contributed by atoms with Crippen molar-refractivity contribution in [1.29, 1.82) is 0 Å². The van der Waals surface area contributed by atoms with Crippen molar-refractivity contribution in [2.75, 3.05) is 32.5 Å². The molecule has 0 bridgehead atoms. The molecule has 0 atom stereocenters. The van der Waals surface area contributed by atoms with Crippen molar-refractivity contribution >= 4 is 11.6 Å². The average Bonchev–Trinajstić information content (AvgIpc) is 2.89. The van der Waals surface area contributed by atoms with Crippen LogP contribution in [0.2, 0.25) is 0 Å². The van der Waals surface area contributed by atoms with Crippen LogP contribution < -0.4 is 10.9 Å². The van der Waals surface area contributed by atoms with Crippen molar-refractivity contribution in [3.05, 3.63) is 87.6 Å². The lowest BCUT2D eigenvalue weighted by Gasteiger charge is -2.35. The highest BCUT2D eigenvalue weighted by Crippen LogP contribution is 2.17. The van der Waals surface area contributed by atoms with E-state index in [1.54, 1.807) is 0 Å². The van der Waals surface area contributed by atoms with Gasteiger partial charge in [-0.15, -0.1) is 0 Å². The van der Waals surface area contributed by atoms with Gasteiger partial charge in [0.05, 0.1) is 12.9 Å². The van der Waals surface area contributed by atoms with Gasteiger partial charge >= 0.3 is 0 Å². The Morgan fingerprint density at radius 3 is 2.29 bits per heavy atom. The summed E-state index contributed by atoms with van der Waals surface area (Å²) in [7, 11) is 4.18. The second kappa shape index (κ2) is 10.9. The zero-order chi connectivity index (χ0) is 24.8. The molecule has 1 amide bonds. The smallest absolute Gasteiger partial charge is 0.293 e. The van der Waals surface area contributed by atoms with Gasteiger partial charge in [-0.1, -0.05) is 11.8 Å². The van der Waals surface area contributed by atoms with Crippen LogP contribution >= 0.6 is 0 Å². The molecule has 2 aromatic carbocycles. The van der Waals surface area contributed by atoms with Gasteiger partial charge in [0.1, 0.15) is 5.69 Å². The highest BCUT2D eigenvalue weighted by Gasteiger charge is 2.24. The predicted octanol–water partition coefficient (Wildman–Crippen LogP) is 2.65. The van der Waals surface area contributed by atoms with Gasteiger partial charge in [-0.25, -0.2) is 4.98 Å². The first-order chi connectivity index (χ1) is 16.9. The molecular formula is C27H29N5O3. The summed E-state index contributed by atoms with van der Waals surface area (Å²) < 4.78 is 0. The molecule has 2 heterocycles. The summed E-state index contributed by atoms with van der Waals surface area (Å²) in [4.78, 5) is 34.7. The molecule has 1 aliphatic rings. The Kier molecular flexibility index (Phi) is 7.48. The van der Waals surface area contributed by atoms with E-state index in [9.17, 15) is 14.7 Å². The van der Waals surface area contributed by atoms with Gasteiger partial charge < -0.3 is 25.2 Å². The molecule has 0 spiro atoms. The number of nitrogens with zero attached hydrogens (tertiary/aromatic N) is 3. The Bertz CT molecular complexity index is 1280. The number of H-pyrrole nitrogens is 1. The summed E-state index contributed by atoms with van der Waals surface area (Å²) >= 11 is 0. The number of likely N-dealkylation sites (tertiary alicyclic amines) is 1. The molecular weight excluding hydrogens is 442 g/mol. The number of piperidine rings is 1. The fourth-order valence-corrected chi connectivity index (χ4v) is 4.02. The minimum atomic E-state index is -0.565. The number of aromatic nitrogens is 2. The average molecular weight is 472 g/mol. The molecule has 3 aromatic rings. The SMILES string of the molecule is CN(C)C1CCN(C(=O)c2ccc(C#Cc3ccc(NCc4nc[nH]c(=O)c4O)cc3)cc2)CC1. The van der Waals surface area contributed by atoms with Crippen molar-refractivity contribution in [1.82, 2.24) is 19.8 Å². The number of aromatic hydroxyl groups is 1. The first-order valence-electron chi connectivity index (χ1n) is 11.6. The predicted molar refractivity (Wildman–Crippen MR) is 135 cm³/mol. The van der Waals surface area contributed by atoms with Crippen LogP contribution in [0.25, 0.3) is 0 Å². The molecule has 0 unspecified atom stereocenters. The van der Waals surface area contributed by atoms with Crippen molar-refractivity contribution in [2.45, 2.75) is 25.4 Å². The van der Waals surface area contributed by atoms with Gasteiger partial charge in [0.25, 0.3) is 11.5 Å². The van der Waals surface area contributed by atoms with Crippen LogP contribution in [0.4, 0.5) is 5.69 Å². The monoisotopic (exact) mass is 471 g/mol. The second-order valence-corrected chi connectivity index (χ2v) is 8.77. The number of anilines is 1. The fourth-order valence-electron chi connectivity index (χ4n) is 4.02. The summed E-state index contributed by atoms with van der Waals surface area (Å²) in [5, 5.41) is 12.9. The molecule has 0 aliphatic carbocycles. The van der Waals surface area contributed by atoms with E-state index in [1.165, 1.54) is 6.33 Å². The van der Waals surface area contributed by atoms with E-state index in [0.29, 0.717) is 11.6 Å².